The molecular formula is C24H30N2O3. The van der Waals surface area contributed by atoms with Crippen molar-refractivity contribution in [2.75, 3.05) is 13.1 Å². The average molecular weight is 395 g/mol. The summed E-state index contributed by atoms with van der Waals surface area (Å²) < 4.78 is 6.28. The molecule has 1 N–H and O–H groups in total. The quantitative estimate of drug-likeness (QED) is 0.801. The van der Waals surface area contributed by atoms with Crippen molar-refractivity contribution in [3.05, 3.63) is 36.0 Å². The fourth-order valence-corrected chi connectivity index (χ4v) is 5.07. The minimum absolute atomic E-state index is 0.187. The van der Waals surface area contributed by atoms with Crippen molar-refractivity contribution in [1.82, 2.24) is 9.88 Å². The summed E-state index contributed by atoms with van der Waals surface area (Å²) in [6.07, 6.45) is 9.72. The van der Waals surface area contributed by atoms with Crippen LogP contribution < -0.4 is 4.74 Å². The Bertz CT molecular complexity index is 890. The third-order valence-electron chi connectivity index (χ3n) is 7.29. The highest BCUT2D eigenvalue weighted by atomic mass is 16.5. The standard InChI is InChI=1S/C24H30N2O3/c27-23(28)17-7-13-26(14-8-17)16-19-2-1-18-15-21(3-4-22(18)25-19)29-20-5-9-24(10-6-20)11-12-24/h1-4,15,17,20H,5-14,16H2,(H,27,28). The molecule has 3 fully saturated rings. The Kier molecular flexibility index (Phi) is 4.94. The molecule has 3 aliphatic rings. The summed E-state index contributed by atoms with van der Waals surface area (Å²) in [6.45, 7) is 2.43. The Labute approximate surface area is 172 Å². The van der Waals surface area contributed by atoms with Crippen LogP contribution in [-0.4, -0.2) is 40.2 Å². The first-order chi connectivity index (χ1) is 14.1. The lowest BCUT2D eigenvalue weighted by atomic mass is 9.85. The topological polar surface area (TPSA) is 62.7 Å². The van der Waals surface area contributed by atoms with Crippen molar-refractivity contribution in [3.63, 3.8) is 0 Å². The zero-order valence-corrected chi connectivity index (χ0v) is 17.0. The van der Waals surface area contributed by atoms with Gasteiger partial charge in [0.2, 0.25) is 0 Å². The zero-order chi connectivity index (χ0) is 19.8. The number of hydrogen-bond donors (Lipinski definition) is 1. The van der Waals surface area contributed by atoms with Crippen LogP contribution in [0.2, 0.25) is 0 Å². The van der Waals surface area contributed by atoms with Gasteiger partial charge in [0.15, 0.2) is 0 Å². The van der Waals surface area contributed by atoms with Gasteiger partial charge in [-0.2, -0.15) is 0 Å². The first kappa shape index (κ1) is 18.9. The molecule has 0 bridgehead atoms. The van der Waals surface area contributed by atoms with E-state index in [1.165, 1.54) is 38.5 Å². The van der Waals surface area contributed by atoms with E-state index in [1.807, 2.05) is 0 Å². The maximum absolute atomic E-state index is 11.1. The number of fused-ring (bicyclic) bond motifs is 1. The molecule has 0 amide bonds. The Morgan fingerprint density at radius 2 is 1.83 bits per heavy atom. The van der Waals surface area contributed by atoms with Gasteiger partial charge in [-0.15, -0.1) is 0 Å². The molecule has 5 nitrogen and oxygen atoms in total. The Hall–Kier alpha value is -2.14. The molecule has 0 radical (unpaired) electrons. The van der Waals surface area contributed by atoms with Gasteiger partial charge in [-0.25, -0.2) is 0 Å². The number of ether oxygens (including phenoxy) is 1. The van der Waals surface area contributed by atoms with Crippen molar-refractivity contribution >= 4 is 16.9 Å². The normalized spacial score (nSPS) is 22.8. The minimum Gasteiger partial charge on any atom is -0.490 e. The van der Waals surface area contributed by atoms with Gasteiger partial charge >= 0.3 is 5.97 Å². The van der Waals surface area contributed by atoms with E-state index < -0.39 is 5.97 Å². The van der Waals surface area contributed by atoms with Crippen LogP contribution in [0.3, 0.4) is 0 Å². The van der Waals surface area contributed by atoms with Crippen molar-refractivity contribution in [2.45, 2.75) is 64.0 Å². The van der Waals surface area contributed by atoms with Crippen molar-refractivity contribution < 1.29 is 14.6 Å². The van der Waals surface area contributed by atoms with Crippen LogP contribution in [0.25, 0.3) is 10.9 Å². The van der Waals surface area contributed by atoms with E-state index in [4.69, 9.17) is 14.8 Å². The van der Waals surface area contributed by atoms with Gasteiger partial charge in [0, 0.05) is 11.9 Å². The highest BCUT2D eigenvalue weighted by Crippen LogP contribution is 2.56. The van der Waals surface area contributed by atoms with Crippen LogP contribution >= 0.6 is 0 Å². The van der Waals surface area contributed by atoms with Crippen LogP contribution in [0.1, 0.15) is 57.1 Å². The van der Waals surface area contributed by atoms with Crippen LogP contribution in [-0.2, 0) is 11.3 Å². The van der Waals surface area contributed by atoms with Gasteiger partial charge < -0.3 is 9.84 Å². The number of rotatable bonds is 5. The van der Waals surface area contributed by atoms with Crippen LogP contribution in [0.4, 0.5) is 0 Å². The number of likely N-dealkylation sites (tertiary alicyclic amines) is 1. The van der Waals surface area contributed by atoms with Gasteiger partial charge in [-0.05, 0) is 94.1 Å². The number of carbonyl (C=O) groups is 1. The summed E-state index contributed by atoms with van der Waals surface area (Å²) in [6, 6.07) is 10.5. The van der Waals surface area contributed by atoms with Crippen molar-refractivity contribution in [3.8, 4) is 5.75 Å². The summed E-state index contributed by atoms with van der Waals surface area (Å²) >= 11 is 0. The lowest BCUT2D eigenvalue weighted by molar-refractivity contribution is -0.143. The third-order valence-corrected chi connectivity index (χ3v) is 7.29. The molecule has 29 heavy (non-hydrogen) atoms. The predicted octanol–water partition coefficient (Wildman–Crippen LogP) is 4.63. The molecule has 154 valence electrons. The lowest BCUT2D eigenvalue weighted by Gasteiger charge is -2.29. The number of carboxylic acids is 1. The molecule has 5 rings (SSSR count). The number of aliphatic carboxylic acids is 1. The molecule has 0 atom stereocenters. The SMILES string of the molecule is O=C(O)C1CCN(Cc2ccc3cc(OC4CCC5(CC4)CC5)ccc3n2)CC1. The molecule has 1 aromatic heterocycles. The monoisotopic (exact) mass is 394 g/mol. The van der Waals surface area contributed by atoms with Gasteiger partial charge in [-0.1, -0.05) is 6.07 Å². The fraction of sp³-hybridized carbons (Fsp3) is 0.583. The van der Waals surface area contributed by atoms with Crippen LogP contribution in [0.15, 0.2) is 30.3 Å². The molecule has 1 spiro atoms. The van der Waals surface area contributed by atoms with Crippen molar-refractivity contribution in [2.24, 2.45) is 11.3 Å². The number of carboxylic acid groups (broad SMARTS) is 1. The number of benzene rings is 1. The molecule has 1 aromatic carbocycles. The molecule has 5 heteroatoms. The maximum Gasteiger partial charge on any atom is 0.306 e. The highest BCUT2D eigenvalue weighted by Gasteiger charge is 2.45. The molecule has 2 aliphatic carbocycles. The summed E-state index contributed by atoms with van der Waals surface area (Å²) in [5.74, 6) is 0.111. The van der Waals surface area contributed by atoms with Crippen molar-refractivity contribution in [1.29, 1.82) is 0 Å². The first-order valence-electron chi connectivity index (χ1n) is 11.1. The maximum atomic E-state index is 11.1. The number of hydrogen-bond acceptors (Lipinski definition) is 4. The predicted molar refractivity (Wildman–Crippen MR) is 112 cm³/mol. The molecule has 2 saturated carbocycles. The van der Waals surface area contributed by atoms with Crippen LogP contribution in [0, 0.1) is 11.3 Å². The molecule has 2 aromatic rings. The summed E-state index contributed by atoms with van der Waals surface area (Å²) in [7, 11) is 0. The summed E-state index contributed by atoms with van der Waals surface area (Å²) in [5.41, 5.74) is 2.74. The Balaban J connectivity index is 1.20. The highest BCUT2D eigenvalue weighted by molar-refractivity contribution is 5.80. The zero-order valence-electron chi connectivity index (χ0n) is 17.0. The van der Waals surface area contributed by atoms with E-state index in [-0.39, 0.29) is 5.92 Å². The van der Waals surface area contributed by atoms with Gasteiger partial charge in [0.25, 0.3) is 0 Å². The van der Waals surface area contributed by atoms with Gasteiger partial charge in [-0.3, -0.25) is 14.7 Å². The molecule has 1 saturated heterocycles. The third kappa shape index (κ3) is 4.25. The van der Waals surface area contributed by atoms with Gasteiger partial charge in [0.05, 0.1) is 23.2 Å². The molecule has 2 heterocycles. The largest absolute Gasteiger partial charge is 0.490 e. The molecule has 1 aliphatic heterocycles. The van der Waals surface area contributed by atoms with E-state index in [0.29, 0.717) is 11.5 Å². The minimum atomic E-state index is -0.660. The van der Waals surface area contributed by atoms with E-state index in [1.54, 1.807) is 0 Å². The van der Waals surface area contributed by atoms with E-state index in [2.05, 4.69) is 35.2 Å². The fourth-order valence-electron chi connectivity index (χ4n) is 5.07. The number of piperidine rings is 1. The second-order valence-corrected chi connectivity index (χ2v) is 9.36. The van der Waals surface area contributed by atoms with E-state index in [9.17, 15) is 4.79 Å². The van der Waals surface area contributed by atoms with E-state index >= 15 is 0 Å². The number of nitrogens with zero attached hydrogens (tertiary/aromatic N) is 2. The Morgan fingerprint density at radius 1 is 1.07 bits per heavy atom. The summed E-state index contributed by atoms with van der Waals surface area (Å²) in [5, 5.41) is 10.3. The Morgan fingerprint density at radius 3 is 2.52 bits per heavy atom. The van der Waals surface area contributed by atoms with Gasteiger partial charge in [0.1, 0.15) is 5.75 Å². The first-order valence-corrected chi connectivity index (χ1v) is 11.1. The van der Waals surface area contributed by atoms with E-state index in [0.717, 1.165) is 54.8 Å². The second-order valence-electron chi connectivity index (χ2n) is 9.36. The average Bonchev–Trinajstić information content (AvgIpc) is 3.49. The summed E-state index contributed by atoms with van der Waals surface area (Å²) in [4.78, 5) is 18.2. The molecular weight excluding hydrogens is 364 g/mol. The lowest BCUT2D eigenvalue weighted by Crippen LogP contribution is -2.36. The van der Waals surface area contributed by atoms with Crippen LogP contribution in [0.5, 0.6) is 5.75 Å². The second kappa shape index (κ2) is 7.60. The number of pyridine rings is 1. The molecule has 0 unspecified atom stereocenters. The smallest absolute Gasteiger partial charge is 0.306 e. The number of aromatic nitrogens is 1.